The number of aromatic nitrogens is 1. The Balaban J connectivity index is 1.93. The van der Waals surface area contributed by atoms with Gasteiger partial charge in [-0.25, -0.2) is 4.39 Å². The Morgan fingerprint density at radius 3 is 2.80 bits per heavy atom. The van der Waals surface area contributed by atoms with Crippen molar-refractivity contribution < 1.29 is 13.7 Å². The van der Waals surface area contributed by atoms with E-state index in [0.717, 1.165) is 17.0 Å². The number of nitrogens with zero attached hydrogens (tertiary/aromatic N) is 1. The average Bonchev–Trinajstić information content (AvgIpc) is 2.73. The van der Waals surface area contributed by atoms with Crippen LogP contribution >= 0.6 is 0 Å². The van der Waals surface area contributed by atoms with Gasteiger partial charge >= 0.3 is 0 Å². The van der Waals surface area contributed by atoms with Gasteiger partial charge in [0, 0.05) is 12.1 Å². The molecule has 4 nitrogen and oxygen atoms in total. The van der Waals surface area contributed by atoms with Gasteiger partial charge in [0.1, 0.15) is 11.9 Å². The van der Waals surface area contributed by atoms with Crippen molar-refractivity contribution in [3.63, 3.8) is 0 Å². The third-order valence-corrected chi connectivity index (χ3v) is 2.73. The molecule has 15 heavy (non-hydrogen) atoms. The Morgan fingerprint density at radius 2 is 2.27 bits per heavy atom. The minimum Gasteiger partial charge on any atom is -0.377 e. The lowest BCUT2D eigenvalue weighted by atomic mass is 10.1. The highest BCUT2D eigenvalue weighted by Crippen LogP contribution is 2.14. The van der Waals surface area contributed by atoms with Crippen molar-refractivity contribution in [2.75, 3.05) is 13.2 Å². The van der Waals surface area contributed by atoms with Crippen molar-refractivity contribution in [3.8, 4) is 0 Å². The monoisotopic (exact) mass is 214 g/mol. The van der Waals surface area contributed by atoms with Gasteiger partial charge in [-0.15, -0.1) is 0 Å². The van der Waals surface area contributed by atoms with Crippen molar-refractivity contribution >= 4 is 0 Å². The summed E-state index contributed by atoms with van der Waals surface area (Å²) in [5.74, 6) is 0.786. The maximum atomic E-state index is 13.2. The zero-order chi connectivity index (χ0) is 10.8. The van der Waals surface area contributed by atoms with Gasteiger partial charge in [0.2, 0.25) is 0 Å². The van der Waals surface area contributed by atoms with Crippen molar-refractivity contribution in [1.29, 1.82) is 0 Å². The maximum absolute atomic E-state index is 13.2. The molecule has 2 atom stereocenters. The molecule has 5 heteroatoms. The molecule has 0 saturated carbocycles. The third kappa shape index (κ3) is 2.18. The summed E-state index contributed by atoms with van der Waals surface area (Å²) in [5.41, 5.74) is 1.86. The summed E-state index contributed by atoms with van der Waals surface area (Å²) in [7, 11) is 0. The third-order valence-electron chi connectivity index (χ3n) is 2.73. The van der Waals surface area contributed by atoms with Gasteiger partial charge in [-0.05, 0) is 13.8 Å². The van der Waals surface area contributed by atoms with Crippen molar-refractivity contribution in [3.05, 3.63) is 17.0 Å². The molecule has 0 aliphatic carbocycles. The van der Waals surface area contributed by atoms with Gasteiger partial charge in [-0.1, -0.05) is 5.16 Å². The van der Waals surface area contributed by atoms with Crippen LogP contribution in [-0.2, 0) is 11.3 Å². The largest absolute Gasteiger partial charge is 0.377 e. The summed E-state index contributed by atoms with van der Waals surface area (Å²) in [5, 5.41) is 6.96. The van der Waals surface area contributed by atoms with E-state index in [1.165, 1.54) is 0 Å². The molecule has 1 aliphatic heterocycles. The molecular formula is C10H15FN2O2. The van der Waals surface area contributed by atoms with Crippen LogP contribution in [0, 0.1) is 13.8 Å². The molecule has 1 saturated heterocycles. The summed E-state index contributed by atoms with van der Waals surface area (Å²) in [6, 6.07) is -0.210. The fourth-order valence-electron chi connectivity index (χ4n) is 1.70. The smallest absolute Gasteiger partial charge is 0.141 e. The Labute approximate surface area is 87.8 Å². The fourth-order valence-corrected chi connectivity index (χ4v) is 1.70. The Bertz CT molecular complexity index is 321. The first kappa shape index (κ1) is 10.6. The van der Waals surface area contributed by atoms with Gasteiger partial charge in [-0.2, -0.15) is 0 Å². The van der Waals surface area contributed by atoms with Crippen LogP contribution in [-0.4, -0.2) is 30.6 Å². The van der Waals surface area contributed by atoms with Crippen LogP contribution in [0.5, 0.6) is 0 Å². The SMILES string of the molecule is Cc1noc(C)c1CN[C@@H]1COC[C@H]1F. The second-order valence-corrected chi connectivity index (χ2v) is 3.84. The molecule has 0 spiro atoms. The number of rotatable bonds is 3. The van der Waals surface area contributed by atoms with Crippen LogP contribution in [0.2, 0.25) is 0 Å². The van der Waals surface area contributed by atoms with E-state index in [0.29, 0.717) is 13.2 Å². The van der Waals surface area contributed by atoms with Crippen LogP contribution in [0.25, 0.3) is 0 Å². The molecule has 2 rings (SSSR count). The lowest BCUT2D eigenvalue weighted by molar-refractivity contribution is 0.172. The highest BCUT2D eigenvalue weighted by atomic mass is 19.1. The van der Waals surface area contributed by atoms with Crippen LogP contribution in [0.1, 0.15) is 17.0 Å². The first-order valence-electron chi connectivity index (χ1n) is 5.05. The molecule has 1 aromatic rings. The number of halogens is 1. The van der Waals surface area contributed by atoms with E-state index in [1.54, 1.807) is 0 Å². The van der Waals surface area contributed by atoms with E-state index in [2.05, 4.69) is 10.5 Å². The summed E-state index contributed by atoms with van der Waals surface area (Å²) in [6.07, 6.45) is -0.912. The van der Waals surface area contributed by atoms with Gasteiger partial charge < -0.3 is 14.6 Å². The second kappa shape index (κ2) is 4.28. The van der Waals surface area contributed by atoms with Gasteiger partial charge in [0.05, 0.1) is 24.9 Å². The normalized spacial score (nSPS) is 26.1. The predicted octanol–water partition coefficient (Wildman–Crippen LogP) is 1.12. The fraction of sp³-hybridized carbons (Fsp3) is 0.700. The van der Waals surface area contributed by atoms with Gasteiger partial charge in [0.25, 0.3) is 0 Å². The van der Waals surface area contributed by atoms with E-state index < -0.39 is 6.17 Å². The molecule has 84 valence electrons. The molecular weight excluding hydrogens is 199 g/mol. The number of ether oxygens (including phenoxy) is 1. The molecule has 0 radical (unpaired) electrons. The van der Waals surface area contributed by atoms with E-state index in [9.17, 15) is 4.39 Å². The standard InChI is InChI=1S/C10H15FN2O2/c1-6-8(7(2)15-13-6)3-12-10-5-14-4-9(10)11/h9-10,12H,3-5H2,1-2H3/t9-,10-/m1/s1. The minimum absolute atomic E-state index is 0.194. The molecule has 1 aromatic heterocycles. The highest BCUT2D eigenvalue weighted by molar-refractivity contribution is 5.20. The summed E-state index contributed by atoms with van der Waals surface area (Å²) in [6.45, 7) is 4.94. The topological polar surface area (TPSA) is 47.3 Å². The maximum Gasteiger partial charge on any atom is 0.141 e. The van der Waals surface area contributed by atoms with E-state index in [-0.39, 0.29) is 12.6 Å². The second-order valence-electron chi connectivity index (χ2n) is 3.84. The van der Waals surface area contributed by atoms with Crippen molar-refractivity contribution in [2.24, 2.45) is 0 Å². The van der Waals surface area contributed by atoms with E-state index in [1.807, 2.05) is 13.8 Å². The quantitative estimate of drug-likeness (QED) is 0.819. The average molecular weight is 214 g/mol. The number of aryl methyl sites for hydroxylation is 2. The van der Waals surface area contributed by atoms with Gasteiger partial charge in [-0.3, -0.25) is 0 Å². The van der Waals surface area contributed by atoms with Crippen LogP contribution < -0.4 is 5.32 Å². The Hall–Kier alpha value is -0.940. The molecule has 1 fully saturated rings. The van der Waals surface area contributed by atoms with Crippen LogP contribution in [0.4, 0.5) is 4.39 Å². The molecule has 1 N–H and O–H groups in total. The summed E-state index contributed by atoms with van der Waals surface area (Å²) in [4.78, 5) is 0. The lowest BCUT2D eigenvalue weighted by Crippen LogP contribution is -2.36. The Morgan fingerprint density at radius 1 is 1.47 bits per heavy atom. The number of hydrogen-bond acceptors (Lipinski definition) is 4. The zero-order valence-electron chi connectivity index (χ0n) is 8.92. The van der Waals surface area contributed by atoms with E-state index >= 15 is 0 Å². The van der Waals surface area contributed by atoms with Crippen molar-refractivity contribution in [1.82, 2.24) is 10.5 Å². The molecule has 1 aliphatic rings. The summed E-state index contributed by atoms with van der Waals surface area (Å²) >= 11 is 0. The zero-order valence-corrected chi connectivity index (χ0v) is 8.92. The predicted molar refractivity (Wildman–Crippen MR) is 52.3 cm³/mol. The van der Waals surface area contributed by atoms with Crippen LogP contribution in [0.15, 0.2) is 4.52 Å². The molecule has 0 aromatic carbocycles. The molecule has 0 amide bonds. The number of nitrogens with one attached hydrogen (secondary N) is 1. The molecule has 0 bridgehead atoms. The number of alkyl halides is 1. The molecule has 2 heterocycles. The van der Waals surface area contributed by atoms with Crippen molar-refractivity contribution in [2.45, 2.75) is 32.6 Å². The van der Waals surface area contributed by atoms with Crippen LogP contribution in [0.3, 0.4) is 0 Å². The number of hydrogen-bond donors (Lipinski definition) is 1. The lowest BCUT2D eigenvalue weighted by Gasteiger charge is -2.12. The Kier molecular flexibility index (Phi) is 3.02. The highest BCUT2D eigenvalue weighted by Gasteiger charge is 2.27. The first-order chi connectivity index (χ1) is 7.18. The minimum atomic E-state index is -0.912. The van der Waals surface area contributed by atoms with Gasteiger partial charge in [0.15, 0.2) is 0 Å². The van der Waals surface area contributed by atoms with E-state index in [4.69, 9.17) is 9.26 Å². The summed E-state index contributed by atoms with van der Waals surface area (Å²) < 4.78 is 23.2. The first-order valence-corrected chi connectivity index (χ1v) is 5.05. The molecule has 0 unspecified atom stereocenters.